The third-order valence-electron chi connectivity index (χ3n) is 5.33. The number of hydrogen-bond acceptors (Lipinski definition) is 6. The molecule has 4 N–H and O–H groups in total. The van der Waals surface area contributed by atoms with Gasteiger partial charge in [-0.25, -0.2) is 4.98 Å². The van der Waals surface area contributed by atoms with Crippen LogP contribution in [0.15, 0.2) is 61.3 Å². The Morgan fingerprint density at radius 1 is 1.22 bits per heavy atom. The number of rotatable bonds is 9. The molecule has 4 rings (SSSR count). The van der Waals surface area contributed by atoms with E-state index >= 15 is 0 Å². The van der Waals surface area contributed by atoms with Crippen LogP contribution in [-0.2, 0) is 6.54 Å². The van der Waals surface area contributed by atoms with Crippen molar-refractivity contribution in [3.8, 4) is 5.75 Å². The van der Waals surface area contributed by atoms with Crippen LogP contribution in [0.1, 0.15) is 22.3 Å². The summed E-state index contributed by atoms with van der Waals surface area (Å²) in [7, 11) is 1.63. The Balaban J connectivity index is 1.69. The number of carbonyl (C=O) groups is 1. The van der Waals surface area contributed by atoms with E-state index in [4.69, 9.17) is 10.5 Å². The summed E-state index contributed by atoms with van der Waals surface area (Å²) >= 11 is 0. The van der Waals surface area contributed by atoms with E-state index in [-0.39, 0.29) is 0 Å². The third kappa shape index (κ3) is 4.49. The Morgan fingerprint density at radius 2 is 2.06 bits per heavy atom. The molecule has 0 aliphatic heterocycles. The molecule has 0 atom stereocenters. The Morgan fingerprint density at radius 3 is 2.78 bits per heavy atom. The summed E-state index contributed by atoms with van der Waals surface area (Å²) in [4.78, 5) is 20.7. The summed E-state index contributed by atoms with van der Waals surface area (Å²) in [5.41, 5.74) is 10.1. The van der Waals surface area contributed by atoms with Crippen LogP contribution in [0.25, 0.3) is 10.9 Å². The van der Waals surface area contributed by atoms with Gasteiger partial charge in [0.2, 0.25) is 0 Å². The molecule has 0 aliphatic rings. The number of methoxy groups -OCH3 is 1. The SMILES string of the molecule is COc1cc2ncc(C(N)=O)c(Nc3ccccc3C)c2cc1NCCCn1ccnc1. The number of aryl methyl sites for hydroxylation is 2. The van der Waals surface area contributed by atoms with E-state index in [1.807, 2.05) is 54.1 Å². The van der Waals surface area contributed by atoms with Crippen molar-refractivity contribution in [2.45, 2.75) is 19.9 Å². The molecule has 164 valence electrons. The first kappa shape index (κ1) is 21.2. The number of aromatic nitrogens is 3. The van der Waals surface area contributed by atoms with Gasteiger partial charge in [-0.2, -0.15) is 0 Å². The minimum atomic E-state index is -0.541. The molecular weight excluding hydrogens is 404 g/mol. The molecule has 0 bridgehead atoms. The normalized spacial score (nSPS) is 10.8. The van der Waals surface area contributed by atoms with Crippen LogP contribution in [0.4, 0.5) is 17.1 Å². The number of amides is 1. The van der Waals surface area contributed by atoms with E-state index in [9.17, 15) is 4.79 Å². The highest BCUT2D eigenvalue weighted by atomic mass is 16.5. The minimum Gasteiger partial charge on any atom is -0.495 e. The number of hydrogen-bond donors (Lipinski definition) is 3. The number of benzene rings is 2. The Kier molecular flexibility index (Phi) is 6.21. The molecular formula is C24H26N6O2. The van der Waals surface area contributed by atoms with Gasteiger partial charge in [-0.05, 0) is 31.0 Å². The quantitative estimate of drug-likeness (QED) is 0.345. The number of anilines is 3. The summed E-state index contributed by atoms with van der Waals surface area (Å²) in [5.74, 6) is 0.141. The van der Waals surface area contributed by atoms with Gasteiger partial charge < -0.3 is 25.7 Å². The number of primary amides is 1. The van der Waals surface area contributed by atoms with Crippen molar-refractivity contribution < 1.29 is 9.53 Å². The Hall–Kier alpha value is -4.07. The van der Waals surface area contributed by atoms with Crippen molar-refractivity contribution in [1.82, 2.24) is 14.5 Å². The second-order valence-electron chi connectivity index (χ2n) is 7.50. The molecule has 32 heavy (non-hydrogen) atoms. The highest BCUT2D eigenvalue weighted by Crippen LogP contribution is 2.36. The molecule has 0 fully saturated rings. The fraction of sp³-hybridized carbons (Fsp3) is 0.208. The van der Waals surface area contributed by atoms with Gasteiger partial charge in [0.05, 0.1) is 35.9 Å². The lowest BCUT2D eigenvalue weighted by Crippen LogP contribution is -2.14. The summed E-state index contributed by atoms with van der Waals surface area (Å²) in [5, 5.41) is 7.62. The van der Waals surface area contributed by atoms with Crippen LogP contribution >= 0.6 is 0 Å². The van der Waals surface area contributed by atoms with E-state index in [2.05, 4.69) is 20.6 Å². The number of nitrogens with zero attached hydrogens (tertiary/aromatic N) is 3. The smallest absolute Gasteiger partial charge is 0.252 e. The van der Waals surface area contributed by atoms with Gasteiger partial charge in [-0.3, -0.25) is 9.78 Å². The molecule has 0 radical (unpaired) electrons. The number of nitrogens with one attached hydrogen (secondary N) is 2. The highest BCUT2D eigenvalue weighted by molar-refractivity contribution is 6.08. The molecule has 4 aromatic rings. The van der Waals surface area contributed by atoms with E-state index in [1.54, 1.807) is 19.6 Å². The van der Waals surface area contributed by atoms with Crippen LogP contribution in [0.3, 0.4) is 0 Å². The van der Waals surface area contributed by atoms with Crippen LogP contribution in [0.5, 0.6) is 5.75 Å². The monoisotopic (exact) mass is 430 g/mol. The first-order chi connectivity index (χ1) is 15.6. The number of fused-ring (bicyclic) bond motifs is 1. The predicted octanol–water partition coefficient (Wildman–Crippen LogP) is 4.09. The molecule has 0 unspecified atom stereocenters. The first-order valence-corrected chi connectivity index (χ1v) is 10.4. The van der Waals surface area contributed by atoms with Crippen molar-refractivity contribution in [2.24, 2.45) is 5.73 Å². The lowest BCUT2D eigenvalue weighted by molar-refractivity contribution is 0.100. The van der Waals surface area contributed by atoms with Crippen molar-refractivity contribution in [1.29, 1.82) is 0 Å². The summed E-state index contributed by atoms with van der Waals surface area (Å²) in [6.45, 7) is 3.60. The zero-order chi connectivity index (χ0) is 22.5. The molecule has 0 aliphatic carbocycles. The zero-order valence-electron chi connectivity index (χ0n) is 18.1. The molecule has 8 heteroatoms. The van der Waals surface area contributed by atoms with Gasteiger partial charge in [0, 0.05) is 48.8 Å². The molecule has 8 nitrogen and oxygen atoms in total. The van der Waals surface area contributed by atoms with Crippen molar-refractivity contribution >= 4 is 33.9 Å². The zero-order valence-corrected chi connectivity index (χ0v) is 18.1. The van der Waals surface area contributed by atoms with E-state index < -0.39 is 5.91 Å². The summed E-state index contributed by atoms with van der Waals surface area (Å²) in [6, 6.07) is 11.7. The maximum absolute atomic E-state index is 12.2. The summed E-state index contributed by atoms with van der Waals surface area (Å²) < 4.78 is 7.62. The third-order valence-corrected chi connectivity index (χ3v) is 5.33. The second-order valence-corrected chi connectivity index (χ2v) is 7.50. The van der Waals surface area contributed by atoms with Gasteiger partial charge in [-0.15, -0.1) is 0 Å². The highest BCUT2D eigenvalue weighted by Gasteiger charge is 2.17. The molecule has 1 amide bonds. The van der Waals surface area contributed by atoms with Crippen molar-refractivity contribution in [2.75, 3.05) is 24.3 Å². The van der Waals surface area contributed by atoms with Crippen LogP contribution in [0, 0.1) is 6.92 Å². The number of nitrogens with two attached hydrogens (primary N) is 1. The minimum absolute atomic E-state index is 0.331. The average molecular weight is 431 g/mol. The molecule has 0 saturated carbocycles. The van der Waals surface area contributed by atoms with E-state index in [0.717, 1.165) is 41.8 Å². The van der Waals surface area contributed by atoms with Crippen LogP contribution in [0.2, 0.25) is 0 Å². The van der Waals surface area contributed by atoms with Crippen LogP contribution < -0.4 is 21.1 Å². The second kappa shape index (κ2) is 9.38. The van der Waals surface area contributed by atoms with Crippen LogP contribution in [-0.4, -0.2) is 34.1 Å². The van der Waals surface area contributed by atoms with Crippen molar-refractivity contribution in [3.63, 3.8) is 0 Å². The maximum Gasteiger partial charge on any atom is 0.252 e. The van der Waals surface area contributed by atoms with Gasteiger partial charge in [-0.1, -0.05) is 18.2 Å². The lowest BCUT2D eigenvalue weighted by atomic mass is 10.1. The number of ether oxygens (including phenoxy) is 1. The molecule has 2 aromatic carbocycles. The van der Waals surface area contributed by atoms with E-state index in [1.165, 1.54) is 6.20 Å². The Bertz CT molecular complexity index is 1240. The predicted molar refractivity (Wildman–Crippen MR) is 127 cm³/mol. The van der Waals surface area contributed by atoms with Crippen molar-refractivity contribution in [3.05, 3.63) is 72.4 Å². The average Bonchev–Trinajstić information content (AvgIpc) is 3.31. The number of carbonyl (C=O) groups excluding carboxylic acids is 1. The largest absolute Gasteiger partial charge is 0.495 e. The lowest BCUT2D eigenvalue weighted by Gasteiger charge is -2.17. The fourth-order valence-corrected chi connectivity index (χ4v) is 3.60. The Labute approximate surface area is 186 Å². The van der Waals surface area contributed by atoms with E-state index in [0.29, 0.717) is 22.5 Å². The molecule has 2 heterocycles. The van der Waals surface area contributed by atoms with Gasteiger partial charge in [0.15, 0.2) is 0 Å². The van der Waals surface area contributed by atoms with Gasteiger partial charge >= 0.3 is 0 Å². The van der Waals surface area contributed by atoms with Gasteiger partial charge in [0.25, 0.3) is 5.91 Å². The number of para-hydroxylation sites is 1. The molecule has 0 spiro atoms. The topological polar surface area (TPSA) is 107 Å². The number of pyridine rings is 1. The fourth-order valence-electron chi connectivity index (χ4n) is 3.60. The molecule has 0 saturated heterocycles. The number of imidazole rings is 1. The molecule has 2 aromatic heterocycles. The maximum atomic E-state index is 12.2. The van der Waals surface area contributed by atoms with Gasteiger partial charge in [0.1, 0.15) is 5.75 Å². The standard InChI is InChI=1S/C24H26N6O2/c1-16-6-3-4-7-19(16)29-23-17-12-21(27-8-5-10-30-11-9-26-15-30)22(32-2)13-20(17)28-14-18(23)24(25)31/h3-4,6-7,9,11-15,27H,5,8,10H2,1-2H3,(H2,25,31)(H,28,29). The first-order valence-electron chi connectivity index (χ1n) is 10.4. The summed E-state index contributed by atoms with van der Waals surface area (Å²) in [6.07, 6.45) is 7.93.